The van der Waals surface area contributed by atoms with Gasteiger partial charge in [-0.25, -0.2) is 0 Å². The number of methoxy groups -OCH3 is 1. The lowest BCUT2D eigenvalue weighted by atomic mass is 9.95. The summed E-state index contributed by atoms with van der Waals surface area (Å²) in [7, 11) is 1.54. The maximum Gasteiger partial charge on any atom is 0.296 e. The molecule has 0 saturated carbocycles. The first-order valence-electron chi connectivity index (χ1n) is 10.8. The number of nitrogens with zero attached hydrogens (tertiary/aromatic N) is 2. The molecule has 2 aliphatic heterocycles. The van der Waals surface area contributed by atoms with Crippen LogP contribution in [0.25, 0.3) is 5.76 Å². The van der Waals surface area contributed by atoms with E-state index >= 15 is 0 Å². The molecule has 34 heavy (non-hydrogen) atoms. The molecule has 5 rings (SSSR count). The van der Waals surface area contributed by atoms with Gasteiger partial charge in [0.05, 0.1) is 31.0 Å². The van der Waals surface area contributed by atoms with Crippen molar-refractivity contribution in [3.05, 3.63) is 89.3 Å². The number of pyridine rings is 1. The van der Waals surface area contributed by atoms with Crippen LogP contribution >= 0.6 is 0 Å². The number of aliphatic hydroxyl groups excluding tert-OH is 1. The number of amides is 1. The Kier molecular flexibility index (Phi) is 5.63. The van der Waals surface area contributed by atoms with Gasteiger partial charge in [-0.3, -0.25) is 14.6 Å². The molecule has 0 radical (unpaired) electrons. The van der Waals surface area contributed by atoms with Crippen molar-refractivity contribution >= 4 is 17.4 Å². The molecule has 1 saturated heterocycles. The number of Topliss-reactive ketones (excluding diaryl/α,β-unsaturated/α-hetero) is 1. The van der Waals surface area contributed by atoms with E-state index in [2.05, 4.69) is 4.98 Å². The predicted octanol–water partition coefficient (Wildman–Crippen LogP) is 3.48. The van der Waals surface area contributed by atoms with Gasteiger partial charge in [-0.05, 0) is 48.0 Å². The lowest BCUT2D eigenvalue weighted by Crippen LogP contribution is -2.29. The monoisotopic (exact) mass is 458 g/mol. The maximum absolute atomic E-state index is 13.2. The topological polar surface area (TPSA) is 98.2 Å². The molecule has 0 aliphatic carbocycles. The summed E-state index contributed by atoms with van der Waals surface area (Å²) >= 11 is 0. The van der Waals surface area contributed by atoms with Crippen LogP contribution in [0.15, 0.2) is 72.4 Å². The van der Waals surface area contributed by atoms with Crippen LogP contribution in [0.5, 0.6) is 17.2 Å². The Hall–Kier alpha value is -4.33. The normalized spacial score (nSPS) is 18.7. The van der Waals surface area contributed by atoms with Gasteiger partial charge in [0.25, 0.3) is 11.7 Å². The van der Waals surface area contributed by atoms with Crippen molar-refractivity contribution in [1.29, 1.82) is 0 Å². The molecule has 172 valence electrons. The zero-order valence-electron chi connectivity index (χ0n) is 18.4. The zero-order chi connectivity index (χ0) is 23.7. The number of hydrogen-bond donors (Lipinski definition) is 1. The molecule has 1 fully saturated rings. The lowest BCUT2D eigenvalue weighted by Gasteiger charge is -2.25. The summed E-state index contributed by atoms with van der Waals surface area (Å²) in [6.45, 7) is 0.924. The fourth-order valence-corrected chi connectivity index (χ4v) is 4.21. The molecular weight excluding hydrogens is 436 g/mol. The van der Waals surface area contributed by atoms with Crippen molar-refractivity contribution < 1.29 is 28.9 Å². The first kappa shape index (κ1) is 21.5. The second-order valence-corrected chi connectivity index (χ2v) is 7.88. The SMILES string of the molecule is COc1cccc(C2/C(=C(/O)c3ccc4c(c3)OCCO4)C(=O)C(=O)N2Cc2ccccn2)c1. The number of hydrogen-bond acceptors (Lipinski definition) is 7. The van der Waals surface area contributed by atoms with E-state index < -0.39 is 17.7 Å². The van der Waals surface area contributed by atoms with Gasteiger partial charge in [-0.2, -0.15) is 0 Å². The Morgan fingerprint density at radius 3 is 2.65 bits per heavy atom. The molecule has 8 heteroatoms. The maximum atomic E-state index is 13.2. The molecule has 2 aromatic carbocycles. The summed E-state index contributed by atoms with van der Waals surface area (Å²) in [5, 5.41) is 11.3. The summed E-state index contributed by atoms with van der Waals surface area (Å²) in [5.74, 6) is -0.167. The van der Waals surface area contributed by atoms with Crippen LogP contribution in [0.2, 0.25) is 0 Å². The number of rotatable bonds is 5. The number of fused-ring (bicyclic) bond motifs is 1. The van der Waals surface area contributed by atoms with E-state index in [4.69, 9.17) is 14.2 Å². The number of aromatic nitrogens is 1. The van der Waals surface area contributed by atoms with E-state index in [0.29, 0.717) is 47.3 Å². The van der Waals surface area contributed by atoms with Crippen molar-refractivity contribution in [2.75, 3.05) is 20.3 Å². The third-order valence-electron chi connectivity index (χ3n) is 5.82. The highest BCUT2D eigenvalue weighted by atomic mass is 16.6. The molecule has 1 unspecified atom stereocenters. The second kappa shape index (κ2) is 8.90. The number of ketones is 1. The average Bonchev–Trinajstić information content (AvgIpc) is 3.13. The van der Waals surface area contributed by atoms with E-state index in [1.165, 1.54) is 4.90 Å². The van der Waals surface area contributed by atoms with Crippen molar-refractivity contribution in [1.82, 2.24) is 9.88 Å². The summed E-state index contributed by atoms with van der Waals surface area (Å²) in [6, 6.07) is 16.6. The van der Waals surface area contributed by atoms with E-state index in [0.717, 1.165) is 0 Å². The van der Waals surface area contributed by atoms with Gasteiger partial charge < -0.3 is 24.2 Å². The van der Waals surface area contributed by atoms with Gasteiger partial charge in [0.1, 0.15) is 24.7 Å². The molecule has 1 aromatic heterocycles. The molecule has 0 bridgehead atoms. The van der Waals surface area contributed by atoms with Gasteiger partial charge in [0.15, 0.2) is 11.5 Å². The molecule has 2 aliphatic rings. The predicted molar refractivity (Wildman–Crippen MR) is 123 cm³/mol. The van der Waals surface area contributed by atoms with E-state index in [1.807, 2.05) is 6.07 Å². The standard InChI is InChI=1S/C26H22N2O6/c1-32-19-7-4-5-16(13-19)23-22(24(29)17-8-9-20-21(14-17)34-12-11-33-20)25(30)26(31)28(23)15-18-6-2-3-10-27-18/h2-10,13-14,23,29H,11-12,15H2,1H3/b24-22-. The van der Waals surface area contributed by atoms with Crippen molar-refractivity contribution in [2.45, 2.75) is 12.6 Å². The number of carbonyl (C=O) groups excluding carboxylic acids is 2. The van der Waals surface area contributed by atoms with Gasteiger partial charge >= 0.3 is 0 Å². The average molecular weight is 458 g/mol. The van der Waals surface area contributed by atoms with E-state index in [-0.39, 0.29) is 17.9 Å². The molecule has 1 amide bonds. The number of ether oxygens (including phenoxy) is 3. The molecule has 3 heterocycles. The summed E-state index contributed by atoms with van der Waals surface area (Å²) in [4.78, 5) is 32.1. The van der Waals surface area contributed by atoms with Crippen LogP contribution < -0.4 is 14.2 Å². The smallest absolute Gasteiger partial charge is 0.296 e. The number of carbonyl (C=O) groups is 2. The third kappa shape index (κ3) is 3.83. The first-order valence-corrected chi connectivity index (χ1v) is 10.8. The third-order valence-corrected chi connectivity index (χ3v) is 5.82. The Labute approximate surface area is 196 Å². The highest BCUT2D eigenvalue weighted by Gasteiger charge is 2.46. The molecule has 3 aromatic rings. The van der Waals surface area contributed by atoms with Crippen LogP contribution in [0.3, 0.4) is 0 Å². The zero-order valence-corrected chi connectivity index (χ0v) is 18.4. The number of benzene rings is 2. The van der Waals surface area contributed by atoms with Gasteiger partial charge in [0, 0.05) is 11.8 Å². The van der Waals surface area contributed by atoms with E-state index in [9.17, 15) is 14.7 Å². The highest BCUT2D eigenvalue weighted by molar-refractivity contribution is 6.46. The second-order valence-electron chi connectivity index (χ2n) is 7.88. The van der Waals surface area contributed by atoms with Crippen molar-refractivity contribution in [2.24, 2.45) is 0 Å². The number of aliphatic hydroxyl groups is 1. The minimum atomic E-state index is -0.828. The van der Waals surface area contributed by atoms with Gasteiger partial charge in [0.2, 0.25) is 0 Å². The van der Waals surface area contributed by atoms with E-state index in [1.54, 1.807) is 67.9 Å². The van der Waals surface area contributed by atoms with Crippen molar-refractivity contribution in [3.63, 3.8) is 0 Å². The van der Waals surface area contributed by atoms with Crippen LogP contribution in [0.4, 0.5) is 0 Å². The van der Waals surface area contributed by atoms with Crippen LogP contribution in [-0.4, -0.2) is 47.0 Å². The molecule has 8 nitrogen and oxygen atoms in total. The fourth-order valence-electron chi connectivity index (χ4n) is 4.21. The summed E-state index contributed by atoms with van der Waals surface area (Å²) < 4.78 is 16.5. The van der Waals surface area contributed by atoms with Crippen LogP contribution in [-0.2, 0) is 16.1 Å². The molecule has 1 N–H and O–H groups in total. The Morgan fingerprint density at radius 2 is 1.88 bits per heavy atom. The minimum absolute atomic E-state index is 0.00846. The Bertz CT molecular complexity index is 1290. The summed E-state index contributed by atoms with van der Waals surface area (Å²) in [5.41, 5.74) is 1.60. The molecule has 1 atom stereocenters. The summed E-state index contributed by atoms with van der Waals surface area (Å²) in [6.07, 6.45) is 1.63. The van der Waals surface area contributed by atoms with Crippen LogP contribution in [0, 0.1) is 0 Å². The van der Waals surface area contributed by atoms with Crippen LogP contribution in [0.1, 0.15) is 22.9 Å². The number of likely N-dealkylation sites (tertiary alicyclic amines) is 1. The minimum Gasteiger partial charge on any atom is -0.507 e. The van der Waals surface area contributed by atoms with Crippen molar-refractivity contribution in [3.8, 4) is 17.2 Å². The Balaban J connectivity index is 1.64. The fraction of sp³-hybridized carbons (Fsp3) is 0.192. The van der Waals surface area contributed by atoms with Gasteiger partial charge in [-0.15, -0.1) is 0 Å². The first-order chi connectivity index (χ1) is 16.6. The molecule has 0 spiro atoms. The highest BCUT2D eigenvalue weighted by Crippen LogP contribution is 2.42. The molecular formula is C26H22N2O6. The Morgan fingerprint density at radius 1 is 1.06 bits per heavy atom. The lowest BCUT2D eigenvalue weighted by molar-refractivity contribution is -0.140. The quantitative estimate of drug-likeness (QED) is 0.355. The largest absolute Gasteiger partial charge is 0.507 e. The van der Waals surface area contributed by atoms with Gasteiger partial charge in [-0.1, -0.05) is 18.2 Å².